The van der Waals surface area contributed by atoms with Crippen molar-refractivity contribution in [2.45, 2.75) is 63.8 Å². The van der Waals surface area contributed by atoms with Crippen molar-refractivity contribution in [2.24, 2.45) is 28.6 Å². The highest BCUT2D eigenvalue weighted by atomic mass is 19.1. The average molecular weight is 410 g/mol. The predicted molar refractivity (Wildman–Crippen MR) is 100.0 cm³/mol. The van der Waals surface area contributed by atoms with Gasteiger partial charge in [0.2, 0.25) is 0 Å². The van der Waals surface area contributed by atoms with Crippen LogP contribution in [0.15, 0.2) is 23.6 Å². The summed E-state index contributed by atoms with van der Waals surface area (Å²) in [5, 5.41) is 31.9. The largest absolute Gasteiger partial charge is 0.390 e. The number of allylic oxidation sites excluding steroid dienone is 4. The summed E-state index contributed by atoms with van der Waals surface area (Å²) in [6, 6.07) is 0. The van der Waals surface area contributed by atoms with Crippen LogP contribution in [0.25, 0.3) is 0 Å². The summed E-state index contributed by atoms with van der Waals surface area (Å²) in [7, 11) is 0. The van der Waals surface area contributed by atoms with Crippen LogP contribution in [0.2, 0.25) is 0 Å². The SMILES string of the molecule is C[C@@H]1C[C@H]2[C@@H]3C=C(F)C4=CC(=O)CC[C@]4(C)[C@@]3(F)[C@@H](O)C[C@]2(C)[C@@]1(O)C(=O)CO. The molecule has 0 saturated heterocycles. The van der Waals surface area contributed by atoms with Gasteiger partial charge in [0.05, 0.1) is 6.10 Å². The van der Waals surface area contributed by atoms with E-state index >= 15 is 8.78 Å². The van der Waals surface area contributed by atoms with Crippen LogP contribution in [0.1, 0.15) is 46.5 Å². The van der Waals surface area contributed by atoms with Crippen molar-refractivity contribution in [3.8, 4) is 0 Å². The van der Waals surface area contributed by atoms with Gasteiger partial charge in [-0.25, -0.2) is 8.78 Å². The van der Waals surface area contributed by atoms with Crippen LogP contribution in [-0.2, 0) is 9.59 Å². The number of carbonyl (C=O) groups is 2. The number of carbonyl (C=O) groups excluding carboxylic acids is 2. The maximum Gasteiger partial charge on any atom is 0.190 e. The maximum absolute atomic E-state index is 16.9. The van der Waals surface area contributed by atoms with Gasteiger partial charge in [-0.3, -0.25) is 9.59 Å². The number of hydrogen-bond donors (Lipinski definition) is 3. The molecule has 0 spiro atoms. The third-order valence-electron chi connectivity index (χ3n) is 8.80. The minimum Gasteiger partial charge on any atom is -0.390 e. The zero-order chi connectivity index (χ0) is 21.6. The summed E-state index contributed by atoms with van der Waals surface area (Å²) in [5.74, 6) is -3.95. The molecular weight excluding hydrogens is 382 g/mol. The van der Waals surface area contributed by atoms with E-state index in [4.69, 9.17) is 0 Å². The number of fused-ring (bicyclic) bond motifs is 5. The van der Waals surface area contributed by atoms with Crippen molar-refractivity contribution in [3.63, 3.8) is 0 Å². The zero-order valence-electron chi connectivity index (χ0n) is 16.9. The molecule has 0 aromatic rings. The van der Waals surface area contributed by atoms with Gasteiger partial charge in [-0.2, -0.15) is 0 Å². The van der Waals surface area contributed by atoms with Crippen molar-refractivity contribution in [1.29, 1.82) is 0 Å². The molecule has 0 bridgehead atoms. The lowest BCUT2D eigenvalue weighted by Gasteiger charge is -2.61. The van der Waals surface area contributed by atoms with Crippen LogP contribution in [0.3, 0.4) is 0 Å². The molecule has 0 unspecified atom stereocenters. The minimum atomic E-state index is -2.23. The Bertz CT molecular complexity index is 852. The Balaban J connectivity index is 1.91. The quantitative estimate of drug-likeness (QED) is 0.649. The van der Waals surface area contributed by atoms with Crippen LogP contribution < -0.4 is 0 Å². The van der Waals surface area contributed by atoms with E-state index in [-0.39, 0.29) is 37.0 Å². The topological polar surface area (TPSA) is 94.8 Å². The summed E-state index contributed by atoms with van der Waals surface area (Å²) in [6.45, 7) is 3.99. The fourth-order valence-corrected chi connectivity index (χ4v) is 7.14. The Morgan fingerprint density at radius 3 is 2.62 bits per heavy atom. The van der Waals surface area contributed by atoms with Gasteiger partial charge in [-0.15, -0.1) is 0 Å². The van der Waals surface area contributed by atoms with Gasteiger partial charge in [0.15, 0.2) is 17.2 Å². The molecule has 29 heavy (non-hydrogen) atoms. The van der Waals surface area contributed by atoms with Crippen molar-refractivity contribution >= 4 is 11.6 Å². The summed E-state index contributed by atoms with van der Waals surface area (Å²) in [6.07, 6.45) is 0.952. The molecule has 2 fully saturated rings. The van der Waals surface area contributed by atoms with Gasteiger partial charge in [0.25, 0.3) is 0 Å². The second-order valence-corrected chi connectivity index (χ2v) is 9.89. The number of aliphatic hydroxyl groups is 3. The van der Waals surface area contributed by atoms with E-state index < -0.39 is 64.2 Å². The fraction of sp³-hybridized carbons (Fsp3) is 0.727. The normalized spacial score (nSPS) is 51.5. The van der Waals surface area contributed by atoms with E-state index in [9.17, 15) is 24.9 Å². The molecule has 0 amide bonds. The standard InChI is InChI=1S/C22H28F2O5/c1-11-6-13-14-8-16(23)15-7-12(26)4-5-19(15,2)21(14,24)17(27)9-20(13,3)22(11,29)18(28)10-25/h7-8,11,13-14,17,25,27,29H,4-6,9-10H2,1-3H3/t11-,13+,14+,17+,19+,20+,21+,22+/m1/s1. The number of aliphatic hydroxyl groups excluding tert-OH is 2. The lowest BCUT2D eigenvalue weighted by Crippen LogP contribution is -2.69. The van der Waals surface area contributed by atoms with E-state index in [1.807, 2.05) is 0 Å². The fourth-order valence-electron chi connectivity index (χ4n) is 7.14. The van der Waals surface area contributed by atoms with Crippen LogP contribution in [0, 0.1) is 28.6 Å². The van der Waals surface area contributed by atoms with Crippen LogP contribution >= 0.6 is 0 Å². The van der Waals surface area contributed by atoms with Crippen molar-refractivity contribution < 1.29 is 33.7 Å². The third-order valence-corrected chi connectivity index (χ3v) is 8.80. The number of alkyl halides is 1. The van der Waals surface area contributed by atoms with Crippen LogP contribution in [-0.4, -0.2) is 50.9 Å². The number of ketones is 2. The summed E-state index contributed by atoms with van der Waals surface area (Å²) in [5.41, 5.74) is -6.77. The molecule has 8 atom stereocenters. The van der Waals surface area contributed by atoms with Crippen molar-refractivity contribution in [1.82, 2.24) is 0 Å². The molecule has 0 aliphatic heterocycles. The Morgan fingerprint density at radius 1 is 1.34 bits per heavy atom. The molecule has 0 radical (unpaired) electrons. The summed E-state index contributed by atoms with van der Waals surface area (Å²) < 4.78 is 32.0. The molecule has 7 heteroatoms. The number of halogens is 2. The summed E-state index contributed by atoms with van der Waals surface area (Å²) >= 11 is 0. The minimum absolute atomic E-state index is 0.0112. The van der Waals surface area contributed by atoms with Gasteiger partial charge < -0.3 is 15.3 Å². The molecule has 0 heterocycles. The Morgan fingerprint density at radius 2 is 2.00 bits per heavy atom. The molecule has 2 saturated carbocycles. The molecule has 3 N–H and O–H groups in total. The second-order valence-electron chi connectivity index (χ2n) is 9.89. The van der Waals surface area contributed by atoms with Gasteiger partial charge in [0.1, 0.15) is 18.0 Å². The second kappa shape index (κ2) is 6.05. The highest BCUT2D eigenvalue weighted by molar-refractivity contribution is 5.93. The van der Waals surface area contributed by atoms with Crippen LogP contribution in [0.4, 0.5) is 8.78 Å². The van der Waals surface area contributed by atoms with E-state index in [2.05, 4.69) is 0 Å². The van der Waals surface area contributed by atoms with Crippen LogP contribution in [0.5, 0.6) is 0 Å². The first-order valence-electron chi connectivity index (χ1n) is 10.2. The van der Waals surface area contributed by atoms with E-state index in [1.165, 1.54) is 0 Å². The number of Topliss-reactive ketones (excluding diaryl/α,β-unsaturated/α-hetero) is 1. The first-order valence-corrected chi connectivity index (χ1v) is 10.2. The monoisotopic (exact) mass is 410 g/mol. The molecule has 0 aromatic heterocycles. The average Bonchev–Trinajstić information content (AvgIpc) is 2.86. The smallest absolute Gasteiger partial charge is 0.190 e. The van der Waals surface area contributed by atoms with Crippen molar-refractivity contribution in [3.05, 3.63) is 23.6 Å². The van der Waals surface area contributed by atoms with Gasteiger partial charge in [0, 0.05) is 28.7 Å². The molecule has 0 aromatic carbocycles. The predicted octanol–water partition coefficient (Wildman–Crippen LogP) is 2.19. The molecule has 160 valence electrons. The number of rotatable bonds is 2. The molecule has 4 aliphatic rings. The van der Waals surface area contributed by atoms with Gasteiger partial charge in [-0.1, -0.05) is 20.8 Å². The first kappa shape index (κ1) is 20.8. The first-order chi connectivity index (χ1) is 13.4. The molecule has 4 aliphatic carbocycles. The maximum atomic E-state index is 16.9. The van der Waals surface area contributed by atoms with Crippen molar-refractivity contribution in [2.75, 3.05) is 6.61 Å². The Labute approximate surface area is 168 Å². The Kier molecular flexibility index (Phi) is 4.34. The highest BCUT2D eigenvalue weighted by Crippen LogP contribution is 2.70. The highest BCUT2D eigenvalue weighted by Gasteiger charge is 2.75. The molecule has 4 rings (SSSR count). The summed E-state index contributed by atoms with van der Waals surface area (Å²) in [4.78, 5) is 24.4. The zero-order valence-corrected chi connectivity index (χ0v) is 16.9. The van der Waals surface area contributed by atoms with E-state index in [0.717, 1.165) is 12.2 Å². The third kappa shape index (κ3) is 2.19. The van der Waals surface area contributed by atoms with E-state index in [1.54, 1.807) is 20.8 Å². The van der Waals surface area contributed by atoms with Gasteiger partial charge in [-0.05, 0) is 43.3 Å². The molecule has 5 nitrogen and oxygen atoms in total. The number of hydrogen-bond acceptors (Lipinski definition) is 5. The lowest BCUT2D eigenvalue weighted by atomic mass is 9.45. The molecular formula is C22H28F2O5. The van der Waals surface area contributed by atoms with E-state index in [0.29, 0.717) is 0 Å². The Hall–Kier alpha value is -1.44. The lowest BCUT2D eigenvalue weighted by molar-refractivity contribution is -0.213. The van der Waals surface area contributed by atoms with Gasteiger partial charge >= 0.3 is 0 Å².